The molecule has 1 nitrogen and oxygen atoms in total. The summed E-state index contributed by atoms with van der Waals surface area (Å²) >= 11 is 0. The Morgan fingerprint density at radius 2 is 1.88 bits per heavy atom. The van der Waals surface area contributed by atoms with E-state index in [2.05, 4.69) is 42.6 Å². The van der Waals surface area contributed by atoms with Gasteiger partial charge in [0.2, 0.25) is 0 Å². The number of benzene rings is 1. The average molecular weight is 217 g/mol. The van der Waals surface area contributed by atoms with Gasteiger partial charge in [0, 0.05) is 12.1 Å². The number of aryl methyl sites for hydroxylation is 1. The Labute approximate surface area is 99.3 Å². The first-order valence-corrected chi connectivity index (χ1v) is 6.64. The van der Waals surface area contributed by atoms with Gasteiger partial charge in [0.05, 0.1) is 0 Å². The summed E-state index contributed by atoms with van der Waals surface area (Å²) in [5.74, 6) is 0. The van der Waals surface area contributed by atoms with Crippen LogP contribution in [0.3, 0.4) is 0 Å². The lowest BCUT2D eigenvalue weighted by molar-refractivity contribution is 0.432. The van der Waals surface area contributed by atoms with Crippen LogP contribution in [0, 0.1) is 0 Å². The van der Waals surface area contributed by atoms with Gasteiger partial charge in [0.1, 0.15) is 0 Å². The van der Waals surface area contributed by atoms with Crippen molar-refractivity contribution in [1.29, 1.82) is 0 Å². The van der Waals surface area contributed by atoms with Crippen molar-refractivity contribution < 1.29 is 0 Å². The second-order valence-corrected chi connectivity index (χ2v) is 5.07. The lowest BCUT2D eigenvalue weighted by atomic mass is 10.1. The zero-order chi connectivity index (χ0) is 11.2. The average Bonchev–Trinajstić information content (AvgIpc) is 2.81. The van der Waals surface area contributed by atoms with Crippen molar-refractivity contribution in [1.82, 2.24) is 5.32 Å². The van der Waals surface area contributed by atoms with E-state index < -0.39 is 0 Å². The van der Waals surface area contributed by atoms with E-state index in [0.29, 0.717) is 6.04 Å². The van der Waals surface area contributed by atoms with E-state index >= 15 is 0 Å². The molecule has 1 aliphatic carbocycles. The number of nitrogens with one attached hydrogen (secondary N) is 1. The summed E-state index contributed by atoms with van der Waals surface area (Å²) in [6.07, 6.45) is 8.06. The molecule has 1 atom stereocenters. The maximum atomic E-state index is 3.75. The highest BCUT2D eigenvalue weighted by molar-refractivity contribution is 5.14. The minimum absolute atomic E-state index is 0.656. The molecule has 0 aromatic heterocycles. The molecular weight excluding hydrogens is 194 g/mol. The molecule has 1 N–H and O–H groups in total. The lowest BCUT2D eigenvalue weighted by Crippen LogP contribution is -2.34. The van der Waals surface area contributed by atoms with Crippen LogP contribution in [0.2, 0.25) is 0 Å². The van der Waals surface area contributed by atoms with E-state index in [9.17, 15) is 0 Å². The fraction of sp³-hybridized carbons (Fsp3) is 0.600. The van der Waals surface area contributed by atoms with Crippen LogP contribution in [-0.2, 0) is 6.42 Å². The third-order valence-electron chi connectivity index (χ3n) is 3.58. The highest BCUT2D eigenvalue weighted by atomic mass is 14.9. The number of hydrogen-bond donors (Lipinski definition) is 1. The maximum Gasteiger partial charge on any atom is 0.00695 e. The van der Waals surface area contributed by atoms with Crippen molar-refractivity contribution in [3.05, 3.63) is 35.9 Å². The van der Waals surface area contributed by atoms with E-state index in [1.807, 2.05) is 0 Å². The third-order valence-corrected chi connectivity index (χ3v) is 3.58. The van der Waals surface area contributed by atoms with Gasteiger partial charge >= 0.3 is 0 Å². The summed E-state index contributed by atoms with van der Waals surface area (Å²) in [6, 6.07) is 12.2. The summed E-state index contributed by atoms with van der Waals surface area (Å²) < 4.78 is 0. The SMILES string of the molecule is CC(CCc1ccccc1)NC1CCCC1. The van der Waals surface area contributed by atoms with Crippen LogP contribution in [0.4, 0.5) is 0 Å². The molecule has 1 saturated carbocycles. The van der Waals surface area contributed by atoms with Gasteiger partial charge in [-0.05, 0) is 38.2 Å². The van der Waals surface area contributed by atoms with Crippen molar-refractivity contribution in [2.75, 3.05) is 0 Å². The standard InChI is InChI=1S/C15H23N/c1-13(16-15-9-5-6-10-15)11-12-14-7-3-2-4-8-14/h2-4,7-8,13,15-16H,5-6,9-12H2,1H3. The molecule has 88 valence electrons. The van der Waals surface area contributed by atoms with E-state index in [0.717, 1.165) is 6.04 Å². The van der Waals surface area contributed by atoms with Crippen LogP contribution >= 0.6 is 0 Å². The second kappa shape index (κ2) is 6.05. The van der Waals surface area contributed by atoms with Crippen molar-refractivity contribution in [3.8, 4) is 0 Å². The van der Waals surface area contributed by atoms with Gasteiger partial charge in [0.15, 0.2) is 0 Å². The highest BCUT2D eigenvalue weighted by Gasteiger charge is 2.16. The van der Waals surface area contributed by atoms with E-state index in [4.69, 9.17) is 0 Å². The van der Waals surface area contributed by atoms with E-state index in [1.54, 1.807) is 0 Å². The number of hydrogen-bond acceptors (Lipinski definition) is 1. The van der Waals surface area contributed by atoms with Gasteiger partial charge in [-0.15, -0.1) is 0 Å². The molecule has 0 radical (unpaired) electrons. The van der Waals surface area contributed by atoms with Gasteiger partial charge in [-0.2, -0.15) is 0 Å². The van der Waals surface area contributed by atoms with Crippen LogP contribution in [0.25, 0.3) is 0 Å². The van der Waals surface area contributed by atoms with Crippen LogP contribution in [-0.4, -0.2) is 12.1 Å². The molecule has 0 saturated heterocycles. The highest BCUT2D eigenvalue weighted by Crippen LogP contribution is 2.18. The van der Waals surface area contributed by atoms with Crippen LogP contribution in [0.1, 0.15) is 44.6 Å². The summed E-state index contributed by atoms with van der Waals surface area (Å²) in [6.45, 7) is 2.32. The molecule has 0 aliphatic heterocycles. The van der Waals surface area contributed by atoms with Gasteiger partial charge in [-0.3, -0.25) is 0 Å². The molecule has 1 heteroatoms. The maximum absolute atomic E-state index is 3.75. The topological polar surface area (TPSA) is 12.0 Å². The Hall–Kier alpha value is -0.820. The van der Waals surface area contributed by atoms with Crippen LogP contribution in [0.15, 0.2) is 30.3 Å². The number of rotatable bonds is 5. The molecule has 0 bridgehead atoms. The molecule has 16 heavy (non-hydrogen) atoms. The minimum Gasteiger partial charge on any atom is -0.311 e. The molecule has 0 spiro atoms. The Bertz CT molecular complexity index is 288. The van der Waals surface area contributed by atoms with Crippen LogP contribution < -0.4 is 5.32 Å². The first-order chi connectivity index (χ1) is 7.84. The summed E-state index contributed by atoms with van der Waals surface area (Å²) in [7, 11) is 0. The fourth-order valence-corrected chi connectivity index (χ4v) is 2.61. The normalized spacial score (nSPS) is 18.8. The van der Waals surface area contributed by atoms with E-state index in [1.165, 1.54) is 44.1 Å². The largest absolute Gasteiger partial charge is 0.311 e. The summed E-state index contributed by atoms with van der Waals surface area (Å²) in [5.41, 5.74) is 1.46. The molecule has 2 rings (SSSR count). The monoisotopic (exact) mass is 217 g/mol. The van der Waals surface area contributed by atoms with E-state index in [-0.39, 0.29) is 0 Å². The molecular formula is C15H23N. The molecule has 1 aromatic rings. The van der Waals surface area contributed by atoms with Gasteiger partial charge in [-0.25, -0.2) is 0 Å². The van der Waals surface area contributed by atoms with Crippen LogP contribution in [0.5, 0.6) is 0 Å². The van der Waals surface area contributed by atoms with Crippen molar-refractivity contribution in [3.63, 3.8) is 0 Å². The zero-order valence-electron chi connectivity index (χ0n) is 10.3. The first-order valence-electron chi connectivity index (χ1n) is 6.64. The fourth-order valence-electron chi connectivity index (χ4n) is 2.61. The lowest BCUT2D eigenvalue weighted by Gasteiger charge is -2.19. The molecule has 0 amide bonds. The van der Waals surface area contributed by atoms with Crippen molar-refractivity contribution in [2.24, 2.45) is 0 Å². The molecule has 1 unspecified atom stereocenters. The Morgan fingerprint density at radius 3 is 2.56 bits per heavy atom. The minimum atomic E-state index is 0.656. The molecule has 1 aromatic carbocycles. The zero-order valence-corrected chi connectivity index (χ0v) is 10.3. The molecule has 1 fully saturated rings. The van der Waals surface area contributed by atoms with Crippen molar-refractivity contribution in [2.45, 2.75) is 57.5 Å². The summed E-state index contributed by atoms with van der Waals surface area (Å²) in [4.78, 5) is 0. The predicted molar refractivity (Wildman–Crippen MR) is 69.6 cm³/mol. The Morgan fingerprint density at radius 1 is 1.19 bits per heavy atom. The van der Waals surface area contributed by atoms with Crippen molar-refractivity contribution >= 4 is 0 Å². The third kappa shape index (κ3) is 3.64. The van der Waals surface area contributed by atoms with Gasteiger partial charge in [-0.1, -0.05) is 43.2 Å². The van der Waals surface area contributed by atoms with Gasteiger partial charge in [0.25, 0.3) is 0 Å². The Balaban J connectivity index is 1.69. The Kier molecular flexibility index (Phi) is 4.41. The first kappa shape index (κ1) is 11.7. The smallest absolute Gasteiger partial charge is 0.00695 e. The molecule has 1 aliphatic rings. The summed E-state index contributed by atoms with van der Waals surface area (Å²) in [5, 5.41) is 3.75. The quantitative estimate of drug-likeness (QED) is 0.795. The van der Waals surface area contributed by atoms with Gasteiger partial charge < -0.3 is 5.32 Å². The molecule has 0 heterocycles. The predicted octanol–water partition coefficient (Wildman–Crippen LogP) is 3.54. The second-order valence-electron chi connectivity index (χ2n) is 5.07.